The summed E-state index contributed by atoms with van der Waals surface area (Å²) >= 11 is 0. The first kappa shape index (κ1) is 12.5. The van der Waals surface area contributed by atoms with Gasteiger partial charge in [0.25, 0.3) is 0 Å². The van der Waals surface area contributed by atoms with E-state index in [-0.39, 0.29) is 0 Å². The third kappa shape index (κ3) is 10.7. The minimum atomic E-state index is -3.66. The molecule has 0 aromatic rings. The van der Waals surface area contributed by atoms with Crippen LogP contribution in [0, 0.1) is 0 Å². The van der Waals surface area contributed by atoms with E-state index >= 15 is 0 Å². The van der Waals surface area contributed by atoms with E-state index in [0.717, 1.165) is 14.2 Å². The van der Waals surface area contributed by atoms with Gasteiger partial charge in [-0.1, -0.05) is 0 Å². The standard InChI is InChI=1S/C2H7N.C2H6O4S/c1-3-2;1-5-7(3,4)6-2/h3H,1-2H3;1-2H3. The quantitative estimate of drug-likeness (QED) is 0.598. The molecular formula is C4H13NO4S. The lowest BCUT2D eigenvalue weighted by Gasteiger charge is -1.91. The first-order chi connectivity index (χ1) is 4.54. The van der Waals surface area contributed by atoms with E-state index in [0.29, 0.717) is 0 Å². The van der Waals surface area contributed by atoms with Crippen LogP contribution in [0.25, 0.3) is 0 Å². The van der Waals surface area contributed by atoms with Crippen LogP contribution in [0.3, 0.4) is 0 Å². The Morgan fingerprint density at radius 1 is 1.10 bits per heavy atom. The maximum absolute atomic E-state index is 9.92. The molecule has 0 rings (SSSR count). The zero-order valence-electron chi connectivity index (χ0n) is 6.54. The van der Waals surface area contributed by atoms with Crippen LogP contribution < -0.4 is 5.32 Å². The van der Waals surface area contributed by atoms with E-state index in [1.54, 1.807) is 0 Å². The molecule has 64 valence electrons. The van der Waals surface area contributed by atoms with Gasteiger partial charge in [0, 0.05) is 0 Å². The lowest BCUT2D eigenvalue weighted by Crippen LogP contribution is -2.02. The van der Waals surface area contributed by atoms with Gasteiger partial charge in [0.2, 0.25) is 0 Å². The maximum atomic E-state index is 9.92. The predicted octanol–water partition coefficient (Wildman–Crippen LogP) is -0.640. The van der Waals surface area contributed by atoms with Crippen molar-refractivity contribution in [1.82, 2.24) is 5.32 Å². The van der Waals surface area contributed by atoms with Crippen molar-refractivity contribution in [2.75, 3.05) is 28.3 Å². The van der Waals surface area contributed by atoms with Crippen LogP contribution in [-0.4, -0.2) is 36.7 Å². The van der Waals surface area contributed by atoms with Crippen LogP contribution >= 0.6 is 0 Å². The minimum Gasteiger partial charge on any atom is -0.323 e. The Morgan fingerprint density at radius 2 is 1.30 bits per heavy atom. The summed E-state index contributed by atoms with van der Waals surface area (Å²) in [5, 5.41) is 2.75. The summed E-state index contributed by atoms with van der Waals surface area (Å²) in [6.45, 7) is 0. The molecule has 0 aliphatic carbocycles. The fourth-order valence-electron chi connectivity index (χ4n) is 0.0680. The van der Waals surface area contributed by atoms with Crippen molar-refractivity contribution in [2.45, 2.75) is 0 Å². The molecule has 0 bridgehead atoms. The molecule has 0 spiro atoms. The normalized spacial score (nSPS) is 10.0. The highest BCUT2D eigenvalue weighted by Gasteiger charge is 2.01. The molecule has 0 saturated heterocycles. The van der Waals surface area contributed by atoms with Crippen LogP contribution in [0.2, 0.25) is 0 Å². The fraction of sp³-hybridized carbons (Fsp3) is 1.00. The monoisotopic (exact) mass is 171 g/mol. The van der Waals surface area contributed by atoms with Gasteiger partial charge in [0.1, 0.15) is 0 Å². The van der Waals surface area contributed by atoms with Gasteiger partial charge in [0.05, 0.1) is 14.2 Å². The molecule has 0 amide bonds. The van der Waals surface area contributed by atoms with Crippen molar-refractivity contribution in [3.63, 3.8) is 0 Å². The molecule has 6 heteroatoms. The van der Waals surface area contributed by atoms with Crippen molar-refractivity contribution in [1.29, 1.82) is 0 Å². The second-order valence-corrected chi connectivity index (χ2v) is 2.72. The van der Waals surface area contributed by atoms with Crippen LogP contribution in [-0.2, 0) is 18.8 Å². The molecule has 0 unspecified atom stereocenters. The summed E-state index contributed by atoms with van der Waals surface area (Å²) in [6.07, 6.45) is 0. The molecule has 0 aliphatic rings. The van der Waals surface area contributed by atoms with Gasteiger partial charge >= 0.3 is 10.4 Å². The third-order valence-electron chi connectivity index (χ3n) is 0.408. The Bertz CT molecular complexity index is 131. The van der Waals surface area contributed by atoms with Crippen LogP contribution in [0.15, 0.2) is 0 Å². The van der Waals surface area contributed by atoms with Crippen molar-refractivity contribution >= 4 is 10.4 Å². The van der Waals surface area contributed by atoms with Crippen LogP contribution in [0.1, 0.15) is 0 Å². The predicted molar refractivity (Wildman–Crippen MR) is 37.9 cm³/mol. The second-order valence-electron chi connectivity index (χ2n) is 1.24. The highest BCUT2D eigenvalue weighted by molar-refractivity contribution is 7.81. The second kappa shape index (κ2) is 6.94. The molecular weight excluding hydrogens is 158 g/mol. The minimum absolute atomic E-state index is 1.03. The number of nitrogens with one attached hydrogen (secondary N) is 1. The van der Waals surface area contributed by atoms with E-state index in [9.17, 15) is 8.42 Å². The van der Waals surface area contributed by atoms with Gasteiger partial charge < -0.3 is 5.32 Å². The van der Waals surface area contributed by atoms with E-state index in [2.05, 4.69) is 13.7 Å². The van der Waals surface area contributed by atoms with Crippen LogP contribution in [0.5, 0.6) is 0 Å². The van der Waals surface area contributed by atoms with Gasteiger partial charge in [0.15, 0.2) is 0 Å². The molecule has 0 saturated carbocycles. The molecule has 5 nitrogen and oxygen atoms in total. The van der Waals surface area contributed by atoms with E-state index in [1.807, 2.05) is 14.1 Å². The van der Waals surface area contributed by atoms with Crippen molar-refractivity contribution in [3.05, 3.63) is 0 Å². The molecule has 0 aromatic heterocycles. The average Bonchev–Trinajstić information content (AvgIpc) is 1.90. The lowest BCUT2D eigenvalue weighted by atomic mass is 11.3. The Hall–Kier alpha value is -0.170. The van der Waals surface area contributed by atoms with Gasteiger partial charge in [-0.05, 0) is 14.1 Å². The van der Waals surface area contributed by atoms with E-state index < -0.39 is 10.4 Å². The van der Waals surface area contributed by atoms with Gasteiger partial charge in [-0.15, -0.1) is 0 Å². The molecule has 0 aliphatic heterocycles. The molecule has 1 N–H and O–H groups in total. The van der Waals surface area contributed by atoms with Crippen molar-refractivity contribution in [2.24, 2.45) is 0 Å². The summed E-state index contributed by atoms with van der Waals surface area (Å²) in [5.74, 6) is 0. The third-order valence-corrected chi connectivity index (χ3v) is 1.22. The Kier molecular flexibility index (Phi) is 8.68. The van der Waals surface area contributed by atoms with Gasteiger partial charge in [-0.2, -0.15) is 8.42 Å². The van der Waals surface area contributed by atoms with Gasteiger partial charge in [-0.3, -0.25) is 8.37 Å². The lowest BCUT2D eigenvalue weighted by molar-refractivity contribution is 0.286. The smallest absolute Gasteiger partial charge is 0.323 e. The molecule has 0 heterocycles. The molecule has 0 aromatic carbocycles. The average molecular weight is 171 g/mol. The first-order valence-electron chi connectivity index (χ1n) is 2.48. The summed E-state index contributed by atoms with van der Waals surface area (Å²) in [7, 11) is 2.15. The summed E-state index contributed by atoms with van der Waals surface area (Å²) < 4.78 is 27.5. The fourth-order valence-corrected chi connectivity index (χ4v) is 0.204. The SMILES string of the molecule is CNC.COS(=O)(=O)OC. The van der Waals surface area contributed by atoms with Crippen molar-refractivity contribution < 1.29 is 16.8 Å². The zero-order chi connectivity index (χ0) is 8.62. The highest BCUT2D eigenvalue weighted by atomic mass is 32.3. The first-order valence-corrected chi connectivity index (χ1v) is 3.82. The summed E-state index contributed by atoms with van der Waals surface area (Å²) in [6, 6.07) is 0. The highest BCUT2D eigenvalue weighted by Crippen LogP contribution is 1.85. The number of hydrogen-bond acceptors (Lipinski definition) is 5. The Morgan fingerprint density at radius 3 is 1.30 bits per heavy atom. The Balaban J connectivity index is 0. The van der Waals surface area contributed by atoms with Crippen molar-refractivity contribution in [3.8, 4) is 0 Å². The van der Waals surface area contributed by atoms with E-state index in [4.69, 9.17) is 0 Å². The largest absolute Gasteiger partial charge is 0.399 e. The maximum Gasteiger partial charge on any atom is 0.399 e. The topological polar surface area (TPSA) is 64.6 Å². The molecule has 0 radical (unpaired) electrons. The number of rotatable bonds is 2. The Labute approximate surface area is 61.7 Å². The molecule has 0 fully saturated rings. The molecule has 10 heavy (non-hydrogen) atoms. The van der Waals surface area contributed by atoms with Gasteiger partial charge in [-0.25, -0.2) is 0 Å². The molecule has 0 atom stereocenters. The summed E-state index contributed by atoms with van der Waals surface area (Å²) in [5.41, 5.74) is 0. The van der Waals surface area contributed by atoms with Crippen LogP contribution in [0.4, 0.5) is 0 Å². The summed E-state index contributed by atoms with van der Waals surface area (Å²) in [4.78, 5) is 0. The zero-order valence-corrected chi connectivity index (χ0v) is 7.36. The van der Waals surface area contributed by atoms with E-state index in [1.165, 1.54) is 0 Å². The number of hydrogen-bond donors (Lipinski definition) is 1.